The van der Waals surface area contributed by atoms with E-state index in [1.807, 2.05) is 31.2 Å². The maximum atomic E-state index is 10.1. The summed E-state index contributed by atoms with van der Waals surface area (Å²) >= 11 is 0. The Balaban J connectivity index is 0.000000341. The van der Waals surface area contributed by atoms with Crippen molar-refractivity contribution in [1.29, 1.82) is 0 Å². The molecule has 0 saturated heterocycles. The molecule has 1 aliphatic rings. The number of carbonyl (C=O) groups is 1. The van der Waals surface area contributed by atoms with E-state index in [1.165, 1.54) is 5.56 Å². The van der Waals surface area contributed by atoms with Crippen LogP contribution in [0.2, 0.25) is 0 Å². The lowest BCUT2D eigenvalue weighted by atomic mass is 10.1. The molecule has 0 atom stereocenters. The van der Waals surface area contributed by atoms with E-state index >= 15 is 0 Å². The van der Waals surface area contributed by atoms with Gasteiger partial charge in [-0.1, -0.05) is 30.3 Å². The molecule has 0 spiro atoms. The smallest absolute Gasteiger partial charge is 0.211 e. The quantitative estimate of drug-likeness (QED) is 0.671. The van der Waals surface area contributed by atoms with Crippen molar-refractivity contribution < 1.29 is 9.63 Å². The molecule has 4 heteroatoms. The van der Waals surface area contributed by atoms with Crippen LogP contribution in [0.25, 0.3) is 0 Å². The van der Waals surface area contributed by atoms with Crippen LogP contribution < -0.4 is 5.32 Å². The Morgan fingerprint density at radius 2 is 2.11 bits per heavy atom. The predicted octanol–water partition coefficient (Wildman–Crippen LogP) is 2.85. The van der Waals surface area contributed by atoms with Crippen molar-refractivity contribution in [2.45, 2.75) is 26.7 Å². The third-order valence-electron chi connectivity index (χ3n) is 2.39. The molecule has 0 fully saturated rings. The number of rotatable bonds is 3. The van der Waals surface area contributed by atoms with Crippen LogP contribution in [0.4, 0.5) is 5.69 Å². The molecule has 2 rings (SSSR count). The van der Waals surface area contributed by atoms with Crippen molar-refractivity contribution in [2.24, 2.45) is 5.16 Å². The van der Waals surface area contributed by atoms with E-state index in [1.54, 1.807) is 0 Å². The summed E-state index contributed by atoms with van der Waals surface area (Å²) in [4.78, 5) is 14.8. The number of para-hydroxylation sites is 1. The number of benzene rings is 1. The largest absolute Gasteiger partial charge is 0.395 e. The molecule has 4 nitrogen and oxygen atoms in total. The number of hydrogen-bond acceptors (Lipinski definition) is 3. The average molecular weight is 260 g/mol. The highest BCUT2D eigenvalue weighted by atomic mass is 16.6. The van der Waals surface area contributed by atoms with Crippen LogP contribution in [0.3, 0.4) is 0 Å². The molecule has 0 aliphatic carbocycles. The van der Waals surface area contributed by atoms with Crippen molar-refractivity contribution in [3.05, 3.63) is 29.8 Å². The second-order valence-electron chi connectivity index (χ2n) is 3.68. The molecule has 0 unspecified atom stereocenters. The summed E-state index contributed by atoms with van der Waals surface area (Å²) in [7, 11) is 0. The highest BCUT2D eigenvalue weighted by Gasteiger charge is 1.98. The maximum absolute atomic E-state index is 10.1. The molecular weight excluding hydrogens is 240 g/mol. The molecule has 1 N–H and O–H groups in total. The first-order valence-electron chi connectivity index (χ1n) is 6.04. The number of aryl methyl sites for hydroxylation is 1. The predicted molar refractivity (Wildman–Crippen MR) is 79.1 cm³/mol. The van der Waals surface area contributed by atoms with Crippen molar-refractivity contribution >= 4 is 17.8 Å². The van der Waals surface area contributed by atoms with Gasteiger partial charge in [-0.05, 0) is 25.0 Å². The summed E-state index contributed by atoms with van der Waals surface area (Å²) in [5.41, 5.74) is 3.18. The van der Waals surface area contributed by atoms with Gasteiger partial charge in [0.2, 0.25) is 6.41 Å². The van der Waals surface area contributed by atoms with Gasteiger partial charge in [-0.25, -0.2) is 0 Å². The van der Waals surface area contributed by atoms with Crippen molar-refractivity contribution in [3.63, 3.8) is 0 Å². The molecule has 102 valence electrons. The number of amides is 1. The number of nitrogens with one attached hydrogen (secondary N) is 1. The Kier molecular flexibility index (Phi) is 9.55. The number of carbonyl (C=O) groups excluding carboxylic acids is 1. The molecule has 0 aromatic heterocycles. The minimum Gasteiger partial charge on any atom is -0.395 e. The molecule has 0 bridgehead atoms. The van der Waals surface area contributed by atoms with E-state index in [4.69, 9.17) is 0 Å². The number of anilines is 1. The van der Waals surface area contributed by atoms with Gasteiger partial charge in [0.05, 0.1) is 5.71 Å². The second-order valence-corrected chi connectivity index (χ2v) is 3.68. The van der Waals surface area contributed by atoms with Crippen LogP contribution in [0.15, 0.2) is 29.4 Å². The SMILES string of the molecule is C#C.CC1=NOCC1.CCc1ccccc1NC=O. The summed E-state index contributed by atoms with van der Waals surface area (Å²) < 4.78 is 0. The summed E-state index contributed by atoms with van der Waals surface area (Å²) in [6.07, 6.45) is 10.7. The van der Waals surface area contributed by atoms with Gasteiger partial charge in [-0.3, -0.25) is 4.79 Å². The highest BCUT2D eigenvalue weighted by molar-refractivity contribution is 5.82. The van der Waals surface area contributed by atoms with Crippen LogP contribution in [-0.2, 0) is 16.1 Å². The van der Waals surface area contributed by atoms with E-state index in [-0.39, 0.29) is 0 Å². The second kappa shape index (κ2) is 10.8. The van der Waals surface area contributed by atoms with Gasteiger partial charge in [-0.15, -0.1) is 12.8 Å². The van der Waals surface area contributed by atoms with Gasteiger partial charge < -0.3 is 10.2 Å². The third-order valence-corrected chi connectivity index (χ3v) is 2.39. The lowest BCUT2D eigenvalue weighted by Gasteiger charge is -2.03. The van der Waals surface area contributed by atoms with Crippen LogP contribution in [-0.4, -0.2) is 18.7 Å². The lowest BCUT2D eigenvalue weighted by molar-refractivity contribution is -0.105. The first kappa shape index (κ1) is 16.7. The monoisotopic (exact) mass is 260 g/mol. The summed E-state index contributed by atoms with van der Waals surface area (Å²) in [5, 5.41) is 6.30. The zero-order valence-electron chi connectivity index (χ0n) is 11.4. The topological polar surface area (TPSA) is 50.7 Å². The Morgan fingerprint density at radius 1 is 1.42 bits per heavy atom. The zero-order chi connectivity index (χ0) is 14.5. The van der Waals surface area contributed by atoms with E-state index in [0.29, 0.717) is 6.41 Å². The molecule has 1 heterocycles. The normalized spacial score (nSPS) is 11.7. The van der Waals surface area contributed by atoms with Gasteiger partial charge in [0.25, 0.3) is 0 Å². The molecule has 19 heavy (non-hydrogen) atoms. The number of oxime groups is 1. The van der Waals surface area contributed by atoms with Gasteiger partial charge in [-0.2, -0.15) is 0 Å². The van der Waals surface area contributed by atoms with Crippen LogP contribution in [0, 0.1) is 12.8 Å². The molecular formula is C15H20N2O2. The fourth-order valence-corrected chi connectivity index (χ4v) is 1.43. The van der Waals surface area contributed by atoms with E-state index < -0.39 is 0 Å². The molecule has 1 amide bonds. The minimum atomic E-state index is 0.703. The summed E-state index contributed by atoms with van der Waals surface area (Å²) in [6, 6.07) is 7.78. The first-order valence-corrected chi connectivity index (χ1v) is 6.04. The fraction of sp³-hybridized carbons (Fsp3) is 0.333. The molecule has 0 saturated carbocycles. The standard InChI is InChI=1S/C9H11NO.C4H7NO.C2H2/c1-2-8-5-3-4-6-9(8)10-7-11;1-4-2-3-6-5-4;1-2/h3-7H,2H2,1H3,(H,10,11);2-3H2,1H3;1-2H. The van der Waals surface area contributed by atoms with Crippen LogP contribution in [0.1, 0.15) is 25.8 Å². The molecule has 1 aromatic rings. The minimum absolute atomic E-state index is 0.703. The van der Waals surface area contributed by atoms with Gasteiger partial charge in [0, 0.05) is 12.1 Å². The molecule has 1 aromatic carbocycles. The van der Waals surface area contributed by atoms with Crippen molar-refractivity contribution in [3.8, 4) is 12.8 Å². The van der Waals surface area contributed by atoms with Gasteiger partial charge in [0.1, 0.15) is 6.61 Å². The molecule has 0 radical (unpaired) electrons. The number of nitrogens with zero attached hydrogens (tertiary/aromatic N) is 1. The Hall–Kier alpha value is -2.28. The fourth-order valence-electron chi connectivity index (χ4n) is 1.43. The average Bonchev–Trinajstić information content (AvgIpc) is 2.94. The number of terminal acetylenes is 1. The summed E-state index contributed by atoms with van der Waals surface area (Å²) in [6.45, 7) is 4.81. The van der Waals surface area contributed by atoms with E-state index in [0.717, 1.165) is 30.8 Å². The van der Waals surface area contributed by atoms with Gasteiger partial charge >= 0.3 is 0 Å². The van der Waals surface area contributed by atoms with Gasteiger partial charge in [0.15, 0.2) is 0 Å². The van der Waals surface area contributed by atoms with Crippen molar-refractivity contribution in [1.82, 2.24) is 0 Å². The van der Waals surface area contributed by atoms with Crippen LogP contribution >= 0.6 is 0 Å². The summed E-state index contributed by atoms with van der Waals surface area (Å²) in [5.74, 6) is 0. The third kappa shape index (κ3) is 6.89. The van der Waals surface area contributed by atoms with E-state index in [2.05, 4.69) is 35.1 Å². The number of hydrogen-bond donors (Lipinski definition) is 1. The molecule has 1 aliphatic heterocycles. The van der Waals surface area contributed by atoms with Crippen LogP contribution in [0.5, 0.6) is 0 Å². The Labute approximate surface area is 114 Å². The highest BCUT2D eigenvalue weighted by Crippen LogP contribution is 2.13. The van der Waals surface area contributed by atoms with Crippen molar-refractivity contribution in [2.75, 3.05) is 11.9 Å². The Morgan fingerprint density at radius 3 is 2.53 bits per heavy atom. The zero-order valence-corrected chi connectivity index (χ0v) is 11.4. The lowest BCUT2D eigenvalue weighted by Crippen LogP contribution is -1.97. The first-order chi connectivity index (χ1) is 9.27. The Bertz CT molecular complexity index is 425. The van der Waals surface area contributed by atoms with E-state index in [9.17, 15) is 4.79 Å². The maximum Gasteiger partial charge on any atom is 0.211 e.